The molecule has 0 unspecified atom stereocenters. The molecule has 0 atom stereocenters. The molecule has 0 aliphatic rings. The Bertz CT molecular complexity index is 321. The lowest BCUT2D eigenvalue weighted by Crippen LogP contribution is -1.90. The van der Waals surface area contributed by atoms with Crippen molar-refractivity contribution in [1.29, 1.82) is 0 Å². The molecule has 0 aliphatic carbocycles. The van der Waals surface area contributed by atoms with Crippen molar-refractivity contribution in [2.75, 3.05) is 5.32 Å². The quantitative estimate of drug-likeness (QED) is 0.752. The Hall–Kier alpha value is -1.90. The van der Waals surface area contributed by atoms with Gasteiger partial charge in [0.25, 0.3) is 0 Å². The van der Waals surface area contributed by atoms with E-state index in [1.54, 1.807) is 12.4 Å². The Morgan fingerprint density at radius 3 is 2.23 bits per heavy atom. The van der Waals surface area contributed by atoms with Crippen LogP contribution in [0.4, 0.5) is 11.4 Å². The van der Waals surface area contributed by atoms with Gasteiger partial charge in [-0.1, -0.05) is 18.2 Å². The second-order valence-corrected chi connectivity index (χ2v) is 2.62. The number of anilines is 2. The fourth-order valence-corrected chi connectivity index (χ4v) is 1.05. The number of benzene rings is 1. The topological polar surface area (TPSA) is 37.8 Å². The highest BCUT2D eigenvalue weighted by Crippen LogP contribution is 2.12. The summed E-state index contributed by atoms with van der Waals surface area (Å²) in [6.45, 7) is 0. The first-order valence-electron chi connectivity index (χ1n) is 4.02. The highest BCUT2D eigenvalue weighted by atomic mass is 14.9. The number of nitrogens with one attached hydrogen (secondary N) is 1. The minimum Gasteiger partial charge on any atom is -0.353 e. The number of nitrogens with zero attached hydrogens (tertiary/aromatic N) is 2. The molecule has 3 nitrogen and oxygen atoms in total. The maximum absolute atomic E-state index is 3.91. The number of hydrogen-bond donors (Lipinski definition) is 1. The Balaban J connectivity index is 2.16. The van der Waals surface area contributed by atoms with Crippen LogP contribution in [0.15, 0.2) is 49.1 Å². The van der Waals surface area contributed by atoms with E-state index in [0.29, 0.717) is 0 Å². The summed E-state index contributed by atoms with van der Waals surface area (Å²) in [5.74, 6) is 0. The lowest BCUT2D eigenvalue weighted by Gasteiger charge is -2.03. The van der Waals surface area contributed by atoms with Crippen LogP contribution in [0.3, 0.4) is 0 Å². The van der Waals surface area contributed by atoms with Gasteiger partial charge in [-0.05, 0) is 12.1 Å². The third-order valence-electron chi connectivity index (χ3n) is 1.62. The molecular formula is C10H9N3. The lowest BCUT2D eigenvalue weighted by atomic mass is 10.3. The maximum atomic E-state index is 3.91. The number of aromatic nitrogens is 2. The summed E-state index contributed by atoms with van der Waals surface area (Å²) in [6, 6.07) is 9.92. The zero-order chi connectivity index (χ0) is 8.93. The molecule has 1 N–H and O–H groups in total. The zero-order valence-corrected chi connectivity index (χ0v) is 7.01. The molecule has 1 aromatic heterocycles. The molecule has 0 saturated carbocycles. The molecule has 0 aliphatic heterocycles. The molecule has 0 amide bonds. The van der Waals surface area contributed by atoms with Gasteiger partial charge in [0.1, 0.15) is 6.33 Å². The van der Waals surface area contributed by atoms with E-state index in [2.05, 4.69) is 15.3 Å². The number of para-hydroxylation sites is 1. The molecular weight excluding hydrogens is 162 g/mol. The van der Waals surface area contributed by atoms with Crippen molar-refractivity contribution in [2.45, 2.75) is 0 Å². The first-order valence-corrected chi connectivity index (χ1v) is 4.02. The first kappa shape index (κ1) is 7.73. The summed E-state index contributed by atoms with van der Waals surface area (Å²) >= 11 is 0. The van der Waals surface area contributed by atoms with Crippen molar-refractivity contribution >= 4 is 11.4 Å². The van der Waals surface area contributed by atoms with Crippen molar-refractivity contribution in [3.05, 3.63) is 49.1 Å². The summed E-state index contributed by atoms with van der Waals surface area (Å²) in [4.78, 5) is 7.81. The predicted molar refractivity (Wildman–Crippen MR) is 51.8 cm³/mol. The third-order valence-corrected chi connectivity index (χ3v) is 1.62. The summed E-state index contributed by atoms with van der Waals surface area (Å²) < 4.78 is 0. The van der Waals surface area contributed by atoms with Crippen LogP contribution in [0.2, 0.25) is 0 Å². The van der Waals surface area contributed by atoms with Gasteiger partial charge >= 0.3 is 0 Å². The van der Waals surface area contributed by atoms with Gasteiger partial charge in [-0.25, -0.2) is 9.97 Å². The van der Waals surface area contributed by atoms with Crippen LogP contribution >= 0.6 is 0 Å². The average Bonchev–Trinajstić information content (AvgIpc) is 2.21. The van der Waals surface area contributed by atoms with Crippen LogP contribution < -0.4 is 5.32 Å². The lowest BCUT2D eigenvalue weighted by molar-refractivity contribution is 1.17. The Labute approximate surface area is 76.5 Å². The summed E-state index contributed by atoms with van der Waals surface area (Å²) in [5.41, 5.74) is 1.94. The van der Waals surface area contributed by atoms with Gasteiger partial charge in [0.2, 0.25) is 0 Å². The van der Waals surface area contributed by atoms with Crippen LogP contribution in [-0.4, -0.2) is 9.97 Å². The van der Waals surface area contributed by atoms with Gasteiger partial charge in [-0.3, -0.25) is 0 Å². The van der Waals surface area contributed by atoms with Crippen LogP contribution in [0.5, 0.6) is 0 Å². The van der Waals surface area contributed by atoms with Crippen molar-refractivity contribution in [1.82, 2.24) is 9.97 Å². The van der Waals surface area contributed by atoms with Gasteiger partial charge in [-0.15, -0.1) is 0 Å². The maximum Gasteiger partial charge on any atom is 0.115 e. The Kier molecular flexibility index (Phi) is 2.18. The van der Waals surface area contributed by atoms with E-state index < -0.39 is 0 Å². The van der Waals surface area contributed by atoms with E-state index in [9.17, 15) is 0 Å². The molecule has 2 aromatic rings. The molecule has 0 fully saturated rings. The smallest absolute Gasteiger partial charge is 0.115 e. The van der Waals surface area contributed by atoms with Crippen molar-refractivity contribution in [3.8, 4) is 0 Å². The highest BCUT2D eigenvalue weighted by Gasteiger charge is 1.91. The van der Waals surface area contributed by atoms with Gasteiger partial charge in [0.15, 0.2) is 0 Å². The van der Waals surface area contributed by atoms with E-state index in [0.717, 1.165) is 11.4 Å². The molecule has 2 rings (SSSR count). The van der Waals surface area contributed by atoms with E-state index >= 15 is 0 Å². The summed E-state index contributed by atoms with van der Waals surface area (Å²) in [7, 11) is 0. The predicted octanol–water partition coefficient (Wildman–Crippen LogP) is 2.22. The van der Waals surface area contributed by atoms with E-state index in [-0.39, 0.29) is 0 Å². The van der Waals surface area contributed by atoms with Gasteiger partial charge in [0, 0.05) is 5.69 Å². The molecule has 13 heavy (non-hydrogen) atoms. The van der Waals surface area contributed by atoms with E-state index in [1.807, 2.05) is 30.3 Å². The fraction of sp³-hybridized carbons (Fsp3) is 0. The molecule has 1 aromatic carbocycles. The Morgan fingerprint density at radius 2 is 1.54 bits per heavy atom. The van der Waals surface area contributed by atoms with Crippen LogP contribution in [-0.2, 0) is 0 Å². The Morgan fingerprint density at radius 1 is 0.846 bits per heavy atom. The third kappa shape index (κ3) is 2.02. The van der Waals surface area contributed by atoms with Crippen molar-refractivity contribution in [3.63, 3.8) is 0 Å². The fourth-order valence-electron chi connectivity index (χ4n) is 1.05. The second kappa shape index (κ2) is 3.67. The summed E-state index contributed by atoms with van der Waals surface area (Å²) in [6.07, 6.45) is 4.98. The summed E-state index contributed by atoms with van der Waals surface area (Å²) in [5, 5.41) is 3.18. The van der Waals surface area contributed by atoms with Gasteiger partial charge < -0.3 is 5.32 Å². The molecule has 0 radical (unpaired) electrons. The minimum absolute atomic E-state index is 0.897. The number of hydrogen-bond acceptors (Lipinski definition) is 3. The van der Waals surface area contributed by atoms with Crippen molar-refractivity contribution in [2.24, 2.45) is 0 Å². The van der Waals surface area contributed by atoms with Crippen LogP contribution in [0.25, 0.3) is 0 Å². The van der Waals surface area contributed by atoms with E-state index in [1.165, 1.54) is 6.33 Å². The average molecular weight is 171 g/mol. The van der Waals surface area contributed by atoms with Crippen molar-refractivity contribution < 1.29 is 0 Å². The molecule has 64 valence electrons. The molecule has 0 saturated heterocycles. The van der Waals surface area contributed by atoms with Gasteiger partial charge in [0.05, 0.1) is 18.1 Å². The minimum atomic E-state index is 0.897. The SMILES string of the molecule is c1ccc(Nc2cncnc2)cc1. The molecule has 0 spiro atoms. The first-order chi connectivity index (χ1) is 6.45. The van der Waals surface area contributed by atoms with Crippen LogP contribution in [0, 0.1) is 0 Å². The van der Waals surface area contributed by atoms with E-state index in [4.69, 9.17) is 0 Å². The zero-order valence-electron chi connectivity index (χ0n) is 7.01. The normalized spacial score (nSPS) is 9.54. The molecule has 3 heteroatoms. The molecule has 0 bridgehead atoms. The van der Waals surface area contributed by atoms with Crippen LogP contribution in [0.1, 0.15) is 0 Å². The standard InChI is InChI=1S/C10H9N3/c1-2-4-9(5-3-1)13-10-6-11-8-12-7-10/h1-8,13H. The second-order valence-electron chi connectivity index (χ2n) is 2.62. The number of rotatable bonds is 2. The molecule has 1 heterocycles. The van der Waals surface area contributed by atoms with Gasteiger partial charge in [-0.2, -0.15) is 0 Å². The highest BCUT2D eigenvalue weighted by molar-refractivity contribution is 5.57. The monoisotopic (exact) mass is 171 g/mol. The largest absolute Gasteiger partial charge is 0.353 e.